The Morgan fingerprint density at radius 2 is 0.473 bits per heavy atom. The van der Waals surface area contributed by atoms with Crippen molar-refractivity contribution in [2.45, 2.75) is 234 Å². The Morgan fingerprint density at radius 1 is 0.257 bits per heavy atom. The molecule has 0 heterocycles. The number of amides is 8. The summed E-state index contributed by atoms with van der Waals surface area (Å²) in [5, 5.41) is 23.9. The van der Waals surface area contributed by atoms with Gasteiger partial charge in [0.25, 0.3) is 23.6 Å². The zero-order valence-corrected chi connectivity index (χ0v) is 84.9. The maximum Gasteiger partial charge on any atom is 0.416 e. The Bertz CT molecular complexity index is 6060. The number of nitrogens with one attached hydrogen (secondary N) is 8. The molecule has 21 heteroatoms. The van der Waals surface area contributed by atoms with E-state index < -0.39 is 47.6 Å². The molecule has 148 heavy (non-hydrogen) atoms. The van der Waals surface area contributed by atoms with Crippen LogP contribution in [-0.2, 0) is 51.5 Å². The van der Waals surface area contributed by atoms with Crippen LogP contribution in [0.15, 0.2) is 370 Å². The summed E-state index contributed by atoms with van der Waals surface area (Å²) in [6.45, 7) is 1.62. The fourth-order valence-corrected chi connectivity index (χ4v) is 19.7. The van der Waals surface area contributed by atoms with Crippen LogP contribution in [0.25, 0.3) is 11.1 Å². The average Bonchev–Trinajstić information content (AvgIpc) is 1.66. The summed E-state index contributed by atoms with van der Waals surface area (Å²) in [4.78, 5) is 103. The third kappa shape index (κ3) is 36.6. The SMILES string of the molecule is O=C(N[C@@H](CCCCCC1CC1c1ccccc1)C(=O)NCc1ccccc1)c1ccc(-c2ccccc2)cc1.O=C(N[C@@H](CCCCCC1CC1c1ccccc1)C(=O)NCc1ccccc1)c1ccc(C(F)(F)F)cc1.O=C(N[C@@H](CCCCCC1CC1c1ccccc1)C(=O)NCc1ccccc1)c1ccc(Cl)cc1.O=C(N[C@@H](CCCCCC1CC1c1ccccc1)C(=O)NCc1ccccc1)c1ccc(F)cc1. The highest BCUT2D eigenvalue weighted by Gasteiger charge is 2.41. The van der Waals surface area contributed by atoms with Crippen LogP contribution in [0.2, 0.25) is 5.02 Å². The molecule has 4 saturated carbocycles. The molecule has 4 fully saturated rings. The summed E-state index contributed by atoms with van der Waals surface area (Å²) in [7, 11) is 0. The van der Waals surface area contributed by atoms with Gasteiger partial charge in [-0.25, -0.2) is 4.39 Å². The van der Waals surface area contributed by atoms with Crippen LogP contribution in [0.5, 0.6) is 0 Å². The molecule has 8 unspecified atom stereocenters. The number of hydrogen-bond acceptors (Lipinski definition) is 8. The normalized spacial score (nSPS) is 17.2. The van der Waals surface area contributed by atoms with Crippen LogP contribution in [0, 0.1) is 29.5 Å². The fourth-order valence-electron chi connectivity index (χ4n) is 19.6. The molecular formula is C127H137ClF4N8O8. The molecule has 8 amide bonds. The first-order chi connectivity index (χ1) is 72.2. The molecule has 0 saturated heterocycles. The monoisotopic (exact) mass is 2010 g/mol. The third-order valence-electron chi connectivity index (χ3n) is 28.5. The standard InChI is InChI=1S/C36H38N2O2.C31H33F3N2O2.C30H33ClN2O2.C30H33FN2O2/c39-35(31-23-21-29(22-24-31)28-15-7-2-8-16-28)38-34(36(40)37-26-27-13-5-1-6-14-27)20-12-4-11-19-32-25-33(32)30-17-9-3-10-18-30;32-31(33,34)26-18-16-24(17-19-26)29(37)36-28(30(38)35-21-22-10-4-1-5-11-22)15-9-3-8-14-25-20-27(25)23-12-6-2-7-13-23;2*31-26-18-16-24(17-19-26)29(34)33-28(30(35)32-21-22-10-4-1-5-11-22)15-9-3-8-14-25-20-27(25)23-12-6-2-7-13-23/h1-3,5-10,13-18,21-24,32-34H,4,11-12,19-20,25-26H2,(H,37,40)(H,38,39);1-2,4-7,10-13,16-19,25,27-28H,3,8-9,14-15,20-21H2,(H,35,38)(H,36,37);2*1-2,4-7,10-13,16-19,25,27-28H,3,8-9,14-15,20-21H2,(H,32,35)(H,33,34)/t32?,33?,34-;3*25?,27?,28-/m0000/s1. The van der Waals surface area contributed by atoms with E-state index in [4.69, 9.17) is 11.6 Å². The van der Waals surface area contributed by atoms with Crippen molar-refractivity contribution >= 4 is 58.9 Å². The molecule has 0 aromatic heterocycles. The average molecular weight is 2010 g/mol. The van der Waals surface area contributed by atoms with Gasteiger partial charge in [-0.15, -0.1) is 0 Å². The summed E-state index contributed by atoms with van der Waals surface area (Å²) < 4.78 is 51.8. The number of rotatable bonds is 49. The molecule has 0 aliphatic heterocycles. The van der Waals surface area contributed by atoms with E-state index in [0.29, 0.717) is 103 Å². The van der Waals surface area contributed by atoms with Gasteiger partial charge in [-0.1, -0.05) is 374 Å². The molecule has 8 N–H and O–H groups in total. The molecule has 13 aromatic carbocycles. The van der Waals surface area contributed by atoms with Crippen molar-refractivity contribution in [1.29, 1.82) is 0 Å². The van der Waals surface area contributed by atoms with Gasteiger partial charge in [0.05, 0.1) is 5.56 Å². The van der Waals surface area contributed by atoms with Gasteiger partial charge in [-0.05, 0) is 265 Å². The Labute approximate surface area is 874 Å². The molecule has 0 spiro atoms. The lowest BCUT2D eigenvalue weighted by Crippen LogP contribution is -2.46. The van der Waals surface area contributed by atoms with Crippen molar-refractivity contribution < 1.29 is 55.9 Å². The van der Waals surface area contributed by atoms with Gasteiger partial charge >= 0.3 is 6.18 Å². The fraction of sp³-hybridized carbons (Fsp3) is 0.323. The van der Waals surface area contributed by atoms with Crippen molar-refractivity contribution in [2.24, 2.45) is 23.7 Å². The summed E-state index contributed by atoms with van der Waals surface area (Å²) >= 11 is 5.94. The van der Waals surface area contributed by atoms with Crippen molar-refractivity contribution in [3.8, 4) is 11.1 Å². The largest absolute Gasteiger partial charge is 0.416 e. The topological polar surface area (TPSA) is 233 Å². The van der Waals surface area contributed by atoms with E-state index in [9.17, 15) is 55.9 Å². The van der Waals surface area contributed by atoms with Gasteiger partial charge in [-0.3, -0.25) is 38.4 Å². The molecule has 4 aliphatic rings. The van der Waals surface area contributed by atoms with Gasteiger partial charge in [-0.2, -0.15) is 13.2 Å². The maximum absolute atomic E-state index is 13.2. The second-order valence-corrected chi connectivity index (χ2v) is 40.0. The smallest absolute Gasteiger partial charge is 0.350 e. The first-order valence-corrected chi connectivity index (χ1v) is 53.1. The molecule has 16 nitrogen and oxygen atoms in total. The number of halogens is 5. The molecule has 768 valence electrons. The molecule has 12 atom stereocenters. The highest BCUT2D eigenvalue weighted by Crippen LogP contribution is 2.53. The maximum atomic E-state index is 13.2. The predicted octanol–water partition coefficient (Wildman–Crippen LogP) is 26.9. The van der Waals surface area contributed by atoms with Crippen LogP contribution < -0.4 is 42.5 Å². The predicted molar refractivity (Wildman–Crippen MR) is 581 cm³/mol. The van der Waals surface area contributed by atoms with E-state index in [1.807, 2.05) is 182 Å². The van der Waals surface area contributed by atoms with E-state index in [1.165, 1.54) is 91.5 Å². The van der Waals surface area contributed by atoms with Gasteiger partial charge < -0.3 is 42.5 Å². The Kier molecular flexibility index (Phi) is 42.6. The van der Waals surface area contributed by atoms with Crippen molar-refractivity contribution in [1.82, 2.24) is 42.5 Å². The van der Waals surface area contributed by atoms with Gasteiger partial charge in [0.2, 0.25) is 23.6 Å². The Balaban J connectivity index is 0.000000156. The van der Waals surface area contributed by atoms with Gasteiger partial charge in [0.15, 0.2) is 0 Å². The number of alkyl halides is 3. The molecule has 0 bridgehead atoms. The van der Waals surface area contributed by atoms with Crippen LogP contribution in [0.1, 0.15) is 269 Å². The summed E-state index contributed by atoms with van der Waals surface area (Å²) in [5.74, 6) is 3.21. The van der Waals surface area contributed by atoms with Gasteiger partial charge in [0.1, 0.15) is 30.0 Å². The van der Waals surface area contributed by atoms with Crippen molar-refractivity contribution in [3.05, 3.63) is 453 Å². The molecular weight excluding hydrogens is 1880 g/mol. The van der Waals surface area contributed by atoms with Crippen molar-refractivity contribution in [3.63, 3.8) is 0 Å². The van der Waals surface area contributed by atoms with Crippen LogP contribution in [-0.4, -0.2) is 71.4 Å². The lowest BCUT2D eigenvalue weighted by atomic mass is 10.0. The number of benzene rings is 13. The Morgan fingerprint density at radius 3 is 0.723 bits per heavy atom. The second-order valence-electron chi connectivity index (χ2n) is 39.6. The van der Waals surface area contributed by atoms with Crippen LogP contribution >= 0.6 is 11.6 Å². The number of hydrogen-bond donors (Lipinski definition) is 8. The summed E-state index contributed by atoms with van der Waals surface area (Å²) in [5.41, 5.74) is 12.6. The molecule has 17 rings (SSSR count). The van der Waals surface area contributed by atoms with E-state index in [-0.39, 0.29) is 46.9 Å². The highest BCUT2D eigenvalue weighted by molar-refractivity contribution is 6.30. The van der Waals surface area contributed by atoms with Crippen LogP contribution in [0.3, 0.4) is 0 Å². The molecule has 0 radical (unpaired) electrons. The number of carbonyl (C=O) groups is 8. The summed E-state index contributed by atoms with van der Waals surface area (Å²) in [6.07, 6.45) is 19.6. The lowest BCUT2D eigenvalue weighted by molar-refractivity contribution is -0.137. The molecule has 13 aromatic rings. The van der Waals surface area contributed by atoms with Crippen LogP contribution in [0.4, 0.5) is 17.6 Å². The minimum atomic E-state index is -4.48. The number of unbranched alkanes of at least 4 members (excludes halogenated alkanes) is 8. The minimum absolute atomic E-state index is 0.0829. The number of carbonyl (C=O) groups excluding carboxylic acids is 8. The minimum Gasteiger partial charge on any atom is -0.350 e. The highest BCUT2D eigenvalue weighted by atomic mass is 35.5. The van der Waals surface area contributed by atoms with Gasteiger partial charge in [0, 0.05) is 53.5 Å². The molecule has 4 aliphatic carbocycles. The first kappa shape index (κ1) is 109. The van der Waals surface area contributed by atoms with E-state index in [0.717, 1.165) is 159 Å². The third-order valence-corrected chi connectivity index (χ3v) is 28.8. The van der Waals surface area contributed by atoms with E-state index in [2.05, 4.69) is 158 Å². The Hall–Kier alpha value is -14.4. The first-order valence-electron chi connectivity index (χ1n) is 52.7. The summed E-state index contributed by atoms with van der Waals surface area (Å²) in [6, 6.07) is 113. The second kappa shape index (κ2) is 57.7. The van der Waals surface area contributed by atoms with Crippen molar-refractivity contribution in [2.75, 3.05) is 0 Å². The zero-order chi connectivity index (χ0) is 103. The lowest BCUT2D eigenvalue weighted by Gasteiger charge is -2.19. The van der Waals surface area contributed by atoms with E-state index >= 15 is 0 Å². The quantitative estimate of drug-likeness (QED) is 0.0135. The van der Waals surface area contributed by atoms with E-state index in [1.54, 1.807) is 24.3 Å². The zero-order valence-electron chi connectivity index (χ0n) is 84.1.